The zero-order valence-corrected chi connectivity index (χ0v) is 28.1. The number of pyridine rings is 4. The topological polar surface area (TPSA) is 51.6 Å². The molecule has 0 spiro atoms. The average molecular weight is 663 g/mol. The molecule has 4 heterocycles. The number of nitrogens with zero attached hydrogens (tertiary/aromatic N) is 4. The van der Waals surface area contributed by atoms with Crippen molar-refractivity contribution in [3.63, 3.8) is 0 Å². The van der Waals surface area contributed by atoms with Gasteiger partial charge in [-0.3, -0.25) is 9.97 Å². The van der Waals surface area contributed by atoms with Crippen molar-refractivity contribution in [3.8, 4) is 55.9 Å². The molecular formula is C48H30N4. The van der Waals surface area contributed by atoms with Gasteiger partial charge in [0, 0.05) is 56.2 Å². The predicted octanol–water partition coefficient (Wildman–Crippen LogP) is 12.2. The lowest BCUT2D eigenvalue weighted by Crippen LogP contribution is -1.90. The molecule has 0 amide bonds. The van der Waals surface area contributed by atoms with Crippen molar-refractivity contribution in [1.82, 2.24) is 19.9 Å². The second-order valence-electron chi connectivity index (χ2n) is 13.1. The Labute approximate surface area is 300 Å². The van der Waals surface area contributed by atoms with Crippen LogP contribution in [0.4, 0.5) is 0 Å². The molecule has 0 N–H and O–H groups in total. The van der Waals surface area contributed by atoms with E-state index in [4.69, 9.17) is 9.97 Å². The SMILES string of the molecule is c1cc(-c2ccc3ccc(-c4ccc5ccc(-c6cccc(-c7cccc8cccnc78)c6)nc5c4)cc3n2)cc(-c2cccc3cccnc23)c1. The van der Waals surface area contributed by atoms with Crippen molar-refractivity contribution in [2.75, 3.05) is 0 Å². The lowest BCUT2D eigenvalue weighted by molar-refractivity contribution is 1.39. The minimum absolute atomic E-state index is 0.936. The number of benzene rings is 6. The van der Waals surface area contributed by atoms with Gasteiger partial charge in [-0.1, -0.05) is 121 Å². The third-order valence-corrected chi connectivity index (χ3v) is 9.92. The third kappa shape index (κ3) is 5.34. The van der Waals surface area contributed by atoms with Crippen LogP contribution in [0.1, 0.15) is 0 Å². The minimum atomic E-state index is 0.936. The van der Waals surface area contributed by atoms with Crippen LogP contribution in [0.5, 0.6) is 0 Å². The molecule has 0 aliphatic carbocycles. The summed E-state index contributed by atoms with van der Waals surface area (Å²) >= 11 is 0. The largest absolute Gasteiger partial charge is 0.256 e. The molecule has 4 nitrogen and oxygen atoms in total. The third-order valence-electron chi connectivity index (χ3n) is 9.92. The quantitative estimate of drug-likeness (QED) is 0.184. The zero-order valence-electron chi connectivity index (χ0n) is 28.1. The summed E-state index contributed by atoms with van der Waals surface area (Å²) in [4.78, 5) is 19.7. The molecule has 0 saturated heterocycles. The molecule has 0 atom stereocenters. The zero-order chi connectivity index (χ0) is 34.4. The van der Waals surface area contributed by atoms with Gasteiger partial charge < -0.3 is 0 Å². The summed E-state index contributed by atoms with van der Waals surface area (Å²) in [5.74, 6) is 0. The number of para-hydroxylation sites is 2. The van der Waals surface area contributed by atoms with Crippen LogP contribution < -0.4 is 0 Å². The Morgan fingerprint density at radius 1 is 0.288 bits per heavy atom. The van der Waals surface area contributed by atoms with Crippen LogP contribution in [0.3, 0.4) is 0 Å². The molecule has 0 aliphatic rings. The van der Waals surface area contributed by atoms with E-state index in [0.29, 0.717) is 0 Å². The standard InChI is InChI=1S/C48H30N4/c1-9-37(41-15-3-7-33-13-5-25-49-47(33)41)27-39(11-1)43-23-21-31-17-19-35(29-45(31)51-43)36-20-18-32-22-24-44(52-46(32)30-36)40-12-2-10-38(28-40)42-16-4-8-34-14-6-26-50-48(34)42/h1-30H. The lowest BCUT2D eigenvalue weighted by atomic mass is 9.98. The Kier molecular flexibility index (Phi) is 7.10. The molecule has 0 radical (unpaired) electrons. The summed E-state index contributed by atoms with van der Waals surface area (Å²) in [5.41, 5.74) is 14.6. The van der Waals surface area contributed by atoms with Crippen molar-refractivity contribution < 1.29 is 0 Å². The van der Waals surface area contributed by atoms with Crippen molar-refractivity contribution in [2.45, 2.75) is 0 Å². The van der Waals surface area contributed by atoms with Gasteiger partial charge in [-0.15, -0.1) is 0 Å². The van der Waals surface area contributed by atoms with Crippen LogP contribution in [-0.2, 0) is 0 Å². The van der Waals surface area contributed by atoms with E-state index in [0.717, 1.165) is 99.5 Å². The Bertz CT molecular complexity index is 2770. The Morgan fingerprint density at radius 2 is 0.712 bits per heavy atom. The van der Waals surface area contributed by atoms with Gasteiger partial charge in [0.1, 0.15) is 0 Å². The molecule has 10 rings (SSSR count). The molecule has 0 bridgehead atoms. The Morgan fingerprint density at radius 3 is 1.21 bits per heavy atom. The van der Waals surface area contributed by atoms with E-state index in [1.807, 2.05) is 24.5 Å². The fourth-order valence-electron chi connectivity index (χ4n) is 7.28. The Hall–Kier alpha value is -7.04. The van der Waals surface area contributed by atoms with E-state index < -0.39 is 0 Å². The van der Waals surface area contributed by atoms with Gasteiger partial charge in [0.15, 0.2) is 0 Å². The van der Waals surface area contributed by atoms with Crippen LogP contribution >= 0.6 is 0 Å². The molecule has 0 aliphatic heterocycles. The van der Waals surface area contributed by atoms with Crippen molar-refractivity contribution in [1.29, 1.82) is 0 Å². The van der Waals surface area contributed by atoms with Gasteiger partial charge in [-0.05, 0) is 70.8 Å². The fourth-order valence-corrected chi connectivity index (χ4v) is 7.28. The van der Waals surface area contributed by atoms with Crippen LogP contribution in [0.2, 0.25) is 0 Å². The van der Waals surface area contributed by atoms with Crippen molar-refractivity contribution >= 4 is 43.6 Å². The highest BCUT2D eigenvalue weighted by atomic mass is 14.7. The van der Waals surface area contributed by atoms with E-state index in [1.165, 1.54) is 0 Å². The minimum Gasteiger partial charge on any atom is -0.256 e. The summed E-state index contributed by atoms with van der Waals surface area (Å²) in [6.07, 6.45) is 3.71. The van der Waals surface area contributed by atoms with E-state index >= 15 is 0 Å². The maximum atomic E-state index is 5.16. The first-order chi connectivity index (χ1) is 25.7. The lowest BCUT2D eigenvalue weighted by Gasteiger charge is -2.10. The highest BCUT2D eigenvalue weighted by molar-refractivity contribution is 5.96. The number of hydrogen-bond donors (Lipinski definition) is 0. The molecule has 0 saturated carbocycles. The summed E-state index contributed by atoms with van der Waals surface area (Å²) in [6, 6.07) is 59.5. The van der Waals surface area contributed by atoms with E-state index in [9.17, 15) is 0 Å². The smallest absolute Gasteiger partial charge is 0.0780 e. The van der Waals surface area contributed by atoms with Gasteiger partial charge in [-0.2, -0.15) is 0 Å². The predicted molar refractivity (Wildman–Crippen MR) is 215 cm³/mol. The maximum absolute atomic E-state index is 5.16. The number of fused-ring (bicyclic) bond motifs is 4. The van der Waals surface area contributed by atoms with Gasteiger partial charge in [0.2, 0.25) is 0 Å². The highest BCUT2D eigenvalue weighted by Gasteiger charge is 2.11. The van der Waals surface area contributed by atoms with Gasteiger partial charge in [0.05, 0.1) is 33.5 Å². The number of rotatable bonds is 5. The molecule has 10 aromatic rings. The molecule has 52 heavy (non-hydrogen) atoms. The first kappa shape index (κ1) is 29.8. The Balaban J connectivity index is 0.991. The van der Waals surface area contributed by atoms with Gasteiger partial charge in [0.25, 0.3) is 0 Å². The summed E-state index contributed by atoms with van der Waals surface area (Å²) < 4.78 is 0. The van der Waals surface area contributed by atoms with Gasteiger partial charge in [-0.25, -0.2) is 9.97 Å². The monoisotopic (exact) mass is 662 g/mol. The molecule has 6 aromatic carbocycles. The van der Waals surface area contributed by atoms with Crippen molar-refractivity contribution in [3.05, 3.63) is 182 Å². The molecule has 4 heteroatoms. The highest BCUT2D eigenvalue weighted by Crippen LogP contribution is 2.34. The number of aromatic nitrogens is 4. The molecule has 4 aromatic heterocycles. The van der Waals surface area contributed by atoms with E-state index in [1.54, 1.807) is 0 Å². The summed E-state index contributed by atoms with van der Waals surface area (Å²) in [5, 5.41) is 4.46. The van der Waals surface area contributed by atoms with Crippen LogP contribution in [-0.4, -0.2) is 19.9 Å². The summed E-state index contributed by atoms with van der Waals surface area (Å²) in [7, 11) is 0. The molecule has 0 unspecified atom stereocenters. The molecule has 0 fully saturated rings. The van der Waals surface area contributed by atoms with Crippen molar-refractivity contribution in [2.24, 2.45) is 0 Å². The van der Waals surface area contributed by atoms with Gasteiger partial charge >= 0.3 is 0 Å². The van der Waals surface area contributed by atoms with E-state index in [-0.39, 0.29) is 0 Å². The first-order valence-electron chi connectivity index (χ1n) is 17.4. The normalized spacial score (nSPS) is 11.5. The van der Waals surface area contributed by atoms with Crippen LogP contribution in [0.25, 0.3) is 99.5 Å². The molecule has 242 valence electrons. The summed E-state index contributed by atoms with van der Waals surface area (Å²) in [6.45, 7) is 0. The second-order valence-corrected chi connectivity index (χ2v) is 13.1. The fraction of sp³-hybridized carbons (Fsp3) is 0. The van der Waals surface area contributed by atoms with E-state index in [2.05, 4.69) is 168 Å². The number of hydrogen-bond acceptors (Lipinski definition) is 4. The first-order valence-corrected chi connectivity index (χ1v) is 17.4. The van der Waals surface area contributed by atoms with Crippen LogP contribution in [0, 0.1) is 0 Å². The molecular weight excluding hydrogens is 633 g/mol. The van der Waals surface area contributed by atoms with Crippen LogP contribution in [0.15, 0.2) is 182 Å². The second kappa shape index (κ2) is 12.4. The maximum Gasteiger partial charge on any atom is 0.0780 e. The average Bonchev–Trinajstić information content (AvgIpc) is 3.22.